The molecule has 0 aliphatic heterocycles. The largest absolute Gasteiger partial charge is 0.441 e. The average Bonchev–Trinajstić information content (AvgIpc) is 1.79. The van der Waals surface area contributed by atoms with Crippen molar-refractivity contribution in [1.29, 1.82) is 0 Å². The molecule has 0 bridgehead atoms. The van der Waals surface area contributed by atoms with Crippen LogP contribution in [0.5, 0.6) is 0 Å². The van der Waals surface area contributed by atoms with Gasteiger partial charge in [0.15, 0.2) is 0 Å². The molecule has 1 nitrogen and oxygen atoms in total. The van der Waals surface area contributed by atoms with Gasteiger partial charge in [-0.05, 0) is 0 Å². The zero-order chi connectivity index (χ0) is 11.8. The fourth-order valence-corrected chi connectivity index (χ4v) is 0.865. The van der Waals surface area contributed by atoms with Crippen LogP contribution in [0, 0.1) is 0 Å². The van der Waals surface area contributed by atoms with Crippen molar-refractivity contribution in [3.63, 3.8) is 0 Å². The van der Waals surface area contributed by atoms with Gasteiger partial charge in [0.05, 0.1) is 0 Å². The van der Waals surface area contributed by atoms with Crippen LogP contribution in [0.2, 0.25) is 0 Å². The van der Waals surface area contributed by atoms with Gasteiger partial charge in [-0.1, -0.05) is 34.8 Å². The highest BCUT2D eigenvalue weighted by molar-refractivity contribution is 6.43. The molecule has 14 heavy (non-hydrogen) atoms. The zero-order valence-electron chi connectivity index (χ0n) is 5.89. The number of alkyl halides is 9. The van der Waals surface area contributed by atoms with E-state index in [4.69, 9.17) is 0 Å². The topological polar surface area (TPSA) is 9.23 Å². The van der Waals surface area contributed by atoms with Crippen LogP contribution >= 0.6 is 34.8 Å². The van der Waals surface area contributed by atoms with Crippen molar-refractivity contribution in [1.82, 2.24) is 0 Å². The van der Waals surface area contributed by atoms with Crippen molar-refractivity contribution in [2.75, 3.05) is 0 Å². The van der Waals surface area contributed by atoms with E-state index in [0.717, 1.165) is 0 Å². The molecule has 0 rings (SSSR count). The Morgan fingerprint density at radius 2 is 1.14 bits per heavy atom. The first kappa shape index (κ1) is 14.4. The van der Waals surface area contributed by atoms with Gasteiger partial charge in [0.2, 0.25) is 5.02 Å². The van der Waals surface area contributed by atoms with Crippen molar-refractivity contribution >= 4 is 34.8 Å². The Labute approximate surface area is 88.9 Å². The minimum Gasteiger partial charge on any atom is -0.311 e. The molecule has 0 aromatic heterocycles. The van der Waals surface area contributed by atoms with Crippen LogP contribution in [0.1, 0.15) is 0 Å². The maximum atomic E-state index is 11.9. The normalized spacial score (nSPS) is 15.0. The summed E-state index contributed by atoms with van der Waals surface area (Å²) >= 11 is 13.5. The predicted octanol–water partition coefficient (Wildman–Crippen LogP) is 3.82. The first-order valence-corrected chi connectivity index (χ1v) is 3.95. The van der Waals surface area contributed by atoms with Crippen molar-refractivity contribution in [3.05, 3.63) is 0 Å². The van der Waals surface area contributed by atoms with Gasteiger partial charge >= 0.3 is 17.4 Å². The molecule has 10 heteroatoms. The molecule has 0 aliphatic rings. The number of hydrogen-bond donors (Lipinski definition) is 0. The minimum atomic E-state index is -5.88. The molecular weight excluding hydrogens is 284 g/mol. The Hall–Kier alpha value is 0.410. The van der Waals surface area contributed by atoms with Crippen LogP contribution in [0.4, 0.5) is 26.3 Å². The van der Waals surface area contributed by atoms with E-state index < -0.39 is 22.4 Å². The molecule has 0 radical (unpaired) electrons. The Kier molecular flexibility index (Phi) is 4.23. The number of rotatable bonds is 2. The third-order valence-corrected chi connectivity index (χ3v) is 1.68. The maximum Gasteiger partial charge on any atom is 0.441 e. The summed E-state index contributed by atoms with van der Waals surface area (Å²) in [5, 5.41) is -7.25. The second kappa shape index (κ2) is 4.11. The third kappa shape index (κ3) is 2.95. The predicted molar refractivity (Wildman–Crippen MR) is 37.3 cm³/mol. The van der Waals surface area contributed by atoms with Gasteiger partial charge in [0.1, 0.15) is 0 Å². The summed E-state index contributed by atoms with van der Waals surface area (Å²) in [5.74, 6) is 0. The highest BCUT2D eigenvalue weighted by atomic mass is 35.5. The Morgan fingerprint density at radius 1 is 0.857 bits per heavy atom. The summed E-state index contributed by atoms with van der Waals surface area (Å²) in [7, 11) is 0. The smallest absolute Gasteiger partial charge is 0.311 e. The van der Waals surface area contributed by atoms with E-state index in [9.17, 15) is 26.3 Å². The first-order valence-electron chi connectivity index (χ1n) is 2.70. The molecule has 0 amide bonds. The molecular formula is C4HCl3F6O. The quantitative estimate of drug-likeness (QED) is 0.553. The van der Waals surface area contributed by atoms with Gasteiger partial charge in [-0.25, -0.2) is 0 Å². The van der Waals surface area contributed by atoms with E-state index in [1.54, 1.807) is 0 Å². The molecule has 0 atom stereocenters. The summed E-state index contributed by atoms with van der Waals surface area (Å²) in [6, 6.07) is 0. The molecule has 0 aliphatic carbocycles. The van der Waals surface area contributed by atoms with Gasteiger partial charge < -0.3 is 4.74 Å². The molecule has 0 saturated heterocycles. The summed E-state index contributed by atoms with van der Waals surface area (Å²) in [5.41, 5.74) is 0. The second-order valence-corrected chi connectivity index (χ2v) is 3.52. The van der Waals surface area contributed by atoms with E-state index in [0.29, 0.717) is 0 Å². The molecule has 0 fully saturated rings. The molecule has 0 aromatic carbocycles. The van der Waals surface area contributed by atoms with Crippen LogP contribution in [0.3, 0.4) is 0 Å². The summed E-state index contributed by atoms with van der Waals surface area (Å²) < 4.78 is 74.4. The van der Waals surface area contributed by atoms with Crippen molar-refractivity contribution in [2.24, 2.45) is 0 Å². The van der Waals surface area contributed by atoms with Crippen LogP contribution in [-0.4, -0.2) is 22.4 Å². The average molecular weight is 285 g/mol. The lowest BCUT2D eigenvalue weighted by Gasteiger charge is -2.31. The fourth-order valence-electron chi connectivity index (χ4n) is 0.417. The summed E-state index contributed by atoms with van der Waals surface area (Å²) in [4.78, 5) is 0. The minimum absolute atomic E-state index is 2.35. The highest BCUT2D eigenvalue weighted by Gasteiger charge is 2.72. The molecule has 0 heterocycles. The number of hydrogen-bond acceptors (Lipinski definition) is 1. The molecule has 86 valence electrons. The van der Waals surface area contributed by atoms with Gasteiger partial charge in [0.25, 0.3) is 0 Å². The zero-order valence-corrected chi connectivity index (χ0v) is 8.16. The maximum absolute atomic E-state index is 11.9. The fraction of sp³-hybridized carbons (Fsp3) is 1.00. The van der Waals surface area contributed by atoms with E-state index >= 15 is 0 Å². The van der Waals surface area contributed by atoms with Crippen LogP contribution < -0.4 is 0 Å². The van der Waals surface area contributed by atoms with E-state index in [1.807, 2.05) is 0 Å². The highest BCUT2D eigenvalue weighted by Crippen LogP contribution is 2.49. The number of halogens is 9. The van der Waals surface area contributed by atoms with Gasteiger partial charge in [-0.15, -0.1) is 0 Å². The molecule has 0 unspecified atom stereocenters. The third-order valence-electron chi connectivity index (χ3n) is 0.981. The van der Waals surface area contributed by atoms with Gasteiger partial charge in [0, 0.05) is 0 Å². The monoisotopic (exact) mass is 284 g/mol. The number of ether oxygens (including phenoxy) is 1. The van der Waals surface area contributed by atoms with Crippen molar-refractivity contribution in [2.45, 2.75) is 22.4 Å². The van der Waals surface area contributed by atoms with Crippen LogP contribution in [-0.2, 0) is 4.74 Å². The second-order valence-electron chi connectivity index (χ2n) is 1.97. The first-order chi connectivity index (χ1) is 5.92. The lowest BCUT2D eigenvalue weighted by atomic mass is 10.3. The lowest BCUT2D eigenvalue weighted by molar-refractivity contribution is -0.343. The molecule has 0 spiro atoms. The van der Waals surface area contributed by atoms with Gasteiger partial charge in [-0.2, -0.15) is 26.3 Å². The summed E-state index contributed by atoms with van der Waals surface area (Å²) in [6.45, 7) is 0. The van der Waals surface area contributed by atoms with E-state index in [1.165, 1.54) is 0 Å². The standard InChI is InChI=1S/C4HCl3F6O/c5-1(6)14-2(7,3(8,9)10)4(11,12)13/h1H. The van der Waals surface area contributed by atoms with Gasteiger partial charge in [-0.3, -0.25) is 0 Å². The van der Waals surface area contributed by atoms with Crippen LogP contribution in [0.15, 0.2) is 0 Å². The van der Waals surface area contributed by atoms with Crippen molar-refractivity contribution in [3.8, 4) is 0 Å². The van der Waals surface area contributed by atoms with Crippen molar-refractivity contribution < 1.29 is 31.1 Å². The Balaban J connectivity index is 5.07. The van der Waals surface area contributed by atoms with E-state index in [-0.39, 0.29) is 0 Å². The molecule has 0 aromatic rings. The summed E-state index contributed by atoms with van der Waals surface area (Å²) in [6.07, 6.45) is -11.8. The Morgan fingerprint density at radius 3 is 1.21 bits per heavy atom. The van der Waals surface area contributed by atoms with Crippen LogP contribution in [0.25, 0.3) is 0 Å². The molecule has 0 saturated carbocycles. The molecule has 0 N–H and O–H groups in total. The lowest BCUT2D eigenvalue weighted by Crippen LogP contribution is -2.54. The van der Waals surface area contributed by atoms with E-state index in [2.05, 4.69) is 39.5 Å². The SMILES string of the molecule is FC(F)(F)C(Cl)(OC(Cl)Cl)C(F)(F)F. The Bertz CT molecular complexity index is 184.